The molecule has 24 heavy (non-hydrogen) atoms. The predicted molar refractivity (Wildman–Crippen MR) is 85.5 cm³/mol. The molecule has 1 aromatic rings. The Bertz CT molecular complexity index is 763. The van der Waals surface area contributed by atoms with E-state index in [1.54, 1.807) is 18.2 Å². The fourth-order valence-electron chi connectivity index (χ4n) is 2.94. The summed E-state index contributed by atoms with van der Waals surface area (Å²) in [7, 11) is -3.34. The van der Waals surface area contributed by atoms with E-state index >= 15 is 0 Å². The van der Waals surface area contributed by atoms with Crippen LogP contribution in [0.3, 0.4) is 0 Å². The van der Waals surface area contributed by atoms with Gasteiger partial charge in [0, 0.05) is 18.7 Å². The van der Waals surface area contributed by atoms with Crippen molar-refractivity contribution in [3.63, 3.8) is 0 Å². The van der Waals surface area contributed by atoms with Crippen LogP contribution in [0.4, 0.5) is 5.69 Å². The van der Waals surface area contributed by atoms with Gasteiger partial charge in [0.15, 0.2) is 6.04 Å². The van der Waals surface area contributed by atoms with Gasteiger partial charge in [-0.1, -0.05) is 6.07 Å². The van der Waals surface area contributed by atoms with Crippen LogP contribution in [0, 0.1) is 0 Å². The van der Waals surface area contributed by atoms with Gasteiger partial charge in [0.05, 0.1) is 24.7 Å². The largest absolute Gasteiger partial charge is 0.480 e. The van der Waals surface area contributed by atoms with Gasteiger partial charge < -0.3 is 14.7 Å². The summed E-state index contributed by atoms with van der Waals surface area (Å²) < 4.78 is 30.5. The Balaban J connectivity index is 1.88. The molecule has 2 fully saturated rings. The minimum atomic E-state index is -3.34. The maximum absolute atomic E-state index is 12.7. The number of aliphatic carboxylic acids is 1. The van der Waals surface area contributed by atoms with Crippen LogP contribution in [0.5, 0.6) is 0 Å². The van der Waals surface area contributed by atoms with Gasteiger partial charge in [-0.15, -0.1) is 0 Å². The fourth-order valence-corrected chi connectivity index (χ4v) is 4.50. The average Bonchev–Trinajstić information content (AvgIpc) is 2.93. The van der Waals surface area contributed by atoms with Crippen molar-refractivity contribution in [3.05, 3.63) is 29.8 Å². The standard InChI is InChI=1S/C15H18N2O6S/c18-14(16-6-7-23-10-13(16)15(19)20)11-3-1-4-12(9-11)17-5-2-8-24(17,21)22/h1,3-4,9,13H,2,5-8,10H2,(H,19,20)/t13-/m0/s1. The first kappa shape index (κ1) is 16.7. The number of benzene rings is 1. The lowest BCUT2D eigenvalue weighted by Crippen LogP contribution is -2.52. The number of amides is 1. The number of morpholine rings is 1. The second kappa shape index (κ2) is 6.40. The molecule has 2 saturated heterocycles. The lowest BCUT2D eigenvalue weighted by Gasteiger charge is -2.33. The smallest absolute Gasteiger partial charge is 0.328 e. The number of carboxylic acid groups (broad SMARTS) is 1. The van der Waals surface area contributed by atoms with Crippen molar-refractivity contribution in [3.8, 4) is 0 Å². The molecule has 2 heterocycles. The number of ether oxygens (including phenoxy) is 1. The molecule has 8 nitrogen and oxygen atoms in total. The molecule has 0 saturated carbocycles. The van der Waals surface area contributed by atoms with Gasteiger partial charge in [-0.3, -0.25) is 9.10 Å². The average molecular weight is 354 g/mol. The van der Waals surface area contributed by atoms with Crippen LogP contribution in [-0.2, 0) is 19.6 Å². The van der Waals surface area contributed by atoms with E-state index in [-0.39, 0.29) is 31.1 Å². The Morgan fingerprint density at radius 1 is 1.25 bits per heavy atom. The van der Waals surface area contributed by atoms with Crippen molar-refractivity contribution in [2.45, 2.75) is 12.5 Å². The van der Waals surface area contributed by atoms with E-state index in [0.717, 1.165) is 0 Å². The summed E-state index contributed by atoms with van der Waals surface area (Å²) >= 11 is 0. The van der Waals surface area contributed by atoms with Gasteiger partial charge in [0.1, 0.15) is 0 Å². The summed E-state index contributed by atoms with van der Waals surface area (Å²) in [4.78, 5) is 25.2. The highest BCUT2D eigenvalue weighted by atomic mass is 32.2. The summed E-state index contributed by atoms with van der Waals surface area (Å²) in [6.45, 7) is 0.786. The van der Waals surface area contributed by atoms with E-state index < -0.39 is 27.9 Å². The Kier molecular flexibility index (Phi) is 4.46. The molecule has 2 aliphatic rings. The van der Waals surface area contributed by atoms with E-state index in [0.29, 0.717) is 18.7 Å². The van der Waals surface area contributed by atoms with Crippen LogP contribution in [0.2, 0.25) is 0 Å². The molecule has 0 bridgehead atoms. The van der Waals surface area contributed by atoms with Gasteiger partial charge in [0.2, 0.25) is 10.0 Å². The molecule has 0 aromatic heterocycles. The predicted octanol–water partition coefficient (Wildman–Crippen LogP) is 0.152. The van der Waals surface area contributed by atoms with Crippen molar-refractivity contribution in [1.29, 1.82) is 0 Å². The second-order valence-corrected chi connectivity index (χ2v) is 7.73. The maximum atomic E-state index is 12.7. The molecular weight excluding hydrogens is 336 g/mol. The minimum Gasteiger partial charge on any atom is -0.480 e. The second-order valence-electron chi connectivity index (χ2n) is 5.72. The van der Waals surface area contributed by atoms with Crippen LogP contribution in [0.1, 0.15) is 16.8 Å². The zero-order valence-electron chi connectivity index (χ0n) is 12.9. The quantitative estimate of drug-likeness (QED) is 0.829. The van der Waals surface area contributed by atoms with Gasteiger partial charge in [-0.25, -0.2) is 13.2 Å². The molecule has 3 rings (SSSR count). The summed E-state index contributed by atoms with van der Waals surface area (Å²) in [5.74, 6) is -1.47. The van der Waals surface area contributed by atoms with Crippen molar-refractivity contribution >= 4 is 27.6 Å². The highest BCUT2D eigenvalue weighted by molar-refractivity contribution is 7.93. The van der Waals surface area contributed by atoms with E-state index in [1.807, 2.05) is 0 Å². The Morgan fingerprint density at radius 3 is 2.71 bits per heavy atom. The van der Waals surface area contributed by atoms with Gasteiger partial charge in [-0.2, -0.15) is 0 Å². The van der Waals surface area contributed by atoms with E-state index in [9.17, 15) is 23.1 Å². The molecule has 2 aliphatic heterocycles. The zero-order chi connectivity index (χ0) is 17.3. The fraction of sp³-hybridized carbons (Fsp3) is 0.467. The molecule has 1 N–H and O–H groups in total. The summed E-state index contributed by atoms with van der Waals surface area (Å²) in [5, 5.41) is 9.24. The SMILES string of the molecule is O=C(O)[C@@H]1COCCN1C(=O)c1cccc(N2CCCS2(=O)=O)c1. The van der Waals surface area contributed by atoms with Crippen molar-refractivity contribution in [1.82, 2.24) is 4.90 Å². The van der Waals surface area contributed by atoms with Crippen molar-refractivity contribution < 1.29 is 27.9 Å². The van der Waals surface area contributed by atoms with Crippen LogP contribution < -0.4 is 4.31 Å². The molecular formula is C15H18N2O6S. The summed E-state index contributed by atoms with van der Waals surface area (Å²) in [6, 6.07) is 5.26. The van der Waals surface area contributed by atoms with Crippen LogP contribution in [-0.4, -0.2) is 68.4 Å². The summed E-state index contributed by atoms with van der Waals surface area (Å²) in [6.07, 6.45) is 0.547. The molecule has 0 unspecified atom stereocenters. The van der Waals surface area contributed by atoms with E-state index in [2.05, 4.69) is 0 Å². The molecule has 130 valence electrons. The number of rotatable bonds is 3. The Morgan fingerprint density at radius 2 is 2.04 bits per heavy atom. The number of hydrogen-bond acceptors (Lipinski definition) is 5. The Labute approximate surface area is 139 Å². The lowest BCUT2D eigenvalue weighted by atomic mass is 10.1. The number of nitrogens with zero attached hydrogens (tertiary/aromatic N) is 2. The third-order valence-electron chi connectivity index (χ3n) is 4.15. The monoisotopic (exact) mass is 354 g/mol. The van der Waals surface area contributed by atoms with Gasteiger partial charge in [0.25, 0.3) is 5.91 Å². The lowest BCUT2D eigenvalue weighted by molar-refractivity contribution is -0.147. The molecule has 9 heteroatoms. The van der Waals surface area contributed by atoms with Gasteiger partial charge in [-0.05, 0) is 24.6 Å². The number of hydrogen-bond donors (Lipinski definition) is 1. The third-order valence-corrected chi connectivity index (χ3v) is 6.02. The number of sulfonamides is 1. The summed E-state index contributed by atoms with van der Waals surface area (Å²) in [5.41, 5.74) is 0.696. The first-order chi connectivity index (χ1) is 11.4. The Hall–Kier alpha value is -2.13. The zero-order valence-corrected chi connectivity index (χ0v) is 13.7. The molecule has 0 radical (unpaired) electrons. The third kappa shape index (κ3) is 3.09. The number of anilines is 1. The highest BCUT2D eigenvalue weighted by Gasteiger charge is 2.34. The van der Waals surface area contributed by atoms with Crippen LogP contribution >= 0.6 is 0 Å². The first-order valence-corrected chi connectivity index (χ1v) is 9.23. The number of carboxylic acids is 1. The van der Waals surface area contributed by atoms with E-state index in [1.165, 1.54) is 15.3 Å². The minimum absolute atomic E-state index is 0.0543. The maximum Gasteiger partial charge on any atom is 0.328 e. The normalized spacial score (nSPS) is 23.2. The molecule has 1 amide bonds. The van der Waals surface area contributed by atoms with E-state index in [4.69, 9.17) is 4.74 Å². The topological polar surface area (TPSA) is 104 Å². The molecule has 1 atom stereocenters. The van der Waals surface area contributed by atoms with Crippen molar-refractivity contribution in [2.24, 2.45) is 0 Å². The molecule has 0 spiro atoms. The molecule has 0 aliphatic carbocycles. The highest BCUT2D eigenvalue weighted by Crippen LogP contribution is 2.25. The number of carbonyl (C=O) groups excluding carboxylic acids is 1. The van der Waals surface area contributed by atoms with Gasteiger partial charge >= 0.3 is 5.97 Å². The van der Waals surface area contributed by atoms with Crippen LogP contribution in [0.15, 0.2) is 24.3 Å². The molecule has 1 aromatic carbocycles. The van der Waals surface area contributed by atoms with Crippen LogP contribution in [0.25, 0.3) is 0 Å². The first-order valence-electron chi connectivity index (χ1n) is 7.62. The number of carbonyl (C=O) groups is 2. The van der Waals surface area contributed by atoms with Crippen molar-refractivity contribution in [2.75, 3.05) is 36.4 Å².